The van der Waals surface area contributed by atoms with Gasteiger partial charge in [-0.1, -0.05) is 17.8 Å². The van der Waals surface area contributed by atoms with Crippen molar-refractivity contribution in [3.63, 3.8) is 0 Å². The van der Waals surface area contributed by atoms with Crippen LogP contribution >= 0.6 is 23.1 Å². The first-order valence-corrected chi connectivity index (χ1v) is 12.0. The summed E-state index contributed by atoms with van der Waals surface area (Å²) in [6.07, 6.45) is 1.51. The van der Waals surface area contributed by atoms with Gasteiger partial charge in [0.25, 0.3) is 0 Å². The predicted molar refractivity (Wildman–Crippen MR) is 118 cm³/mol. The lowest BCUT2D eigenvalue weighted by molar-refractivity contribution is -0.113. The molecular weight excluding hydrogens is 428 g/mol. The summed E-state index contributed by atoms with van der Waals surface area (Å²) in [7, 11) is -0.628. The fourth-order valence-corrected chi connectivity index (χ4v) is 5.80. The molecule has 2 heterocycles. The molecule has 0 bridgehead atoms. The Morgan fingerprint density at radius 2 is 1.93 bits per heavy atom. The highest BCUT2D eigenvalue weighted by atomic mass is 32.2. The molecule has 2 aromatic heterocycles. The van der Waals surface area contributed by atoms with Gasteiger partial charge in [-0.15, -0.1) is 11.3 Å². The Morgan fingerprint density at radius 3 is 2.62 bits per heavy atom. The minimum absolute atomic E-state index is 0.157. The molecule has 10 heteroatoms. The maximum absolute atomic E-state index is 12.5. The summed E-state index contributed by atoms with van der Waals surface area (Å²) in [6.45, 7) is 5.80. The molecule has 1 amide bonds. The van der Waals surface area contributed by atoms with Gasteiger partial charge in [0, 0.05) is 30.0 Å². The quantitative estimate of drug-likeness (QED) is 0.456. The second-order valence-corrected chi connectivity index (χ2v) is 11.0. The number of carbonyl (C=O) groups is 1. The smallest absolute Gasteiger partial charge is 0.242 e. The van der Waals surface area contributed by atoms with Crippen molar-refractivity contribution in [2.75, 3.05) is 25.2 Å². The maximum Gasteiger partial charge on any atom is 0.242 e. The minimum atomic E-state index is -3.59. The number of carbonyl (C=O) groups excluding carboxylic acids is 1. The molecule has 0 saturated carbocycles. The Labute approximate surface area is 178 Å². The molecule has 3 aromatic rings. The van der Waals surface area contributed by atoms with Gasteiger partial charge in [0.15, 0.2) is 0 Å². The van der Waals surface area contributed by atoms with Gasteiger partial charge in [0.05, 0.1) is 10.6 Å². The summed E-state index contributed by atoms with van der Waals surface area (Å²) < 4.78 is 26.1. The van der Waals surface area contributed by atoms with E-state index in [0.717, 1.165) is 25.1 Å². The third kappa shape index (κ3) is 4.45. The molecule has 29 heavy (non-hydrogen) atoms. The molecule has 0 fully saturated rings. The van der Waals surface area contributed by atoms with Crippen LogP contribution in [-0.4, -0.2) is 48.4 Å². The zero-order valence-electron chi connectivity index (χ0n) is 16.8. The van der Waals surface area contributed by atoms with E-state index in [4.69, 9.17) is 0 Å². The van der Waals surface area contributed by atoms with Crippen molar-refractivity contribution in [2.45, 2.75) is 30.7 Å². The molecule has 154 valence electrons. The van der Waals surface area contributed by atoms with Crippen molar-refractivity contribution in [1.82, 2.24) is 14.3 Å². The van der Waals surface area contributed by atoms with Gasteiger partial charge in [-0.2, -0.15) is 0 Å². The van der Waals surface area contributed by atoms with Gasteiger partial charge in [-0.25, -0.2) is 22.7 Å². The number of anilines is 1. The van der Waals surface area contributed by atoms with Crippen molar-refractivity contribution < 1.29 is 13.2 Å². The Bertz CT molecular complexity index is 1190. The van der Waals surface area contributed by atoms with Crippen LogP contribution in [0.2, 0.25) is 0 Å². The number of amides is 1. The lowest BCUT2D eigenvalue weighted by atomic mass is 10.2. The lowest BCUT2D eigenvalue weighted by Crippen LogP contribution is -2.23. The molecule has 3 rings (SSSR count). The molecule has 0 radical (unpaired) electrons. The largest absolute Gasteiger partial charge is 0.325 e. The monoisotopic (exact) mass is 450 g/mol. The third-order valence-corrected chi connectivity index (χ3v) is 8.56. The number of sulfonamides is 1. The van der Waals surface area contributed by atoms with E-state index >= 15 is 0 Å². The minimum Gasteiger partial charge on any atom is -0.325 e. The molecule has 1 aromatic carbocycles. The molecule has 0 saturated heterocycles. The fourth-order valence-electron chi connectivity index (χ4n) is 2.74. The molecule has 1 N–H and O–H groups in total. The summed E-state index contributed by atoms with van der Waals surface area (Å²) in [5, 5.41) is 4.53. The first kappa shape index (κ1) is 21.7. The molecule has 0 unspecified atom stereocenters. The predicted octanol–water partition coefficient (Wildman–Crippen LogP) is 3.60. The van der Waals surface area contributed by atoms with Crippen LogP contribution in [0.3, 0.4) is 0 Å². The number of hydrogen-bond donors (Lipinski definition) is 1. The average Bonchev–Trinajstić information content (AvgIpc) is 2.96. The number of rotatable bonds is 6. The summed E-state index contributed by atoms with van der Waals surface area (Å²) in [4.78, 5) is 23.4. The van der Waals surface area contributed by atoms with Crippen LogP contribution in [0.15, 0.2) is 34.4 Å². The summed E-state index contributed by atoms with van der Waals surface area (Å²) in [6, 6.07) is 4.87. The first-order valence-electron chi connectivity index (χ1n) is 8.77. The number of aryl methyl sites for hydroxylation is 3. The normalized spacial score (nSPS) is 11.9. The second-order valence-electron chi connectivity index (χ2n) is 6.75. The lowest BCUT2D eigenvalue weighted by Gasteiger charge is -2.15. The van der Waals surface area contributed by atoms with E-state index in [1.165, 1.54) is 43.1 Å². The van der Waals surface area contributed by atoms with Crippen molar-refractivity contribution in [2.24, 2.45) is 0 Å². The molecule has 0 aliphatic heterocycles. The topological polar surface area (TPSA) is 92.3 Å². The van der Waals surface area contributed by atoms with Gasteiger partial charge >= 0.3 is 0 Å². The number of nitrogens with zero attached hydrogens (tertiary/aromatic N) is 3. The summed E-state index contributed by atoms with van der Waals surface area (Å²) in [5.74, 6) is -0.0761. The van der Waals surface area contributed by atoms with Crippen LogP contribution in [0.4, 0.5) is 5.69 Å². The molecule has 0 spiro atoms. The first-order chi connectivity index (χ1) is 13.6. The number of thioether (sulfide) groups is 1. The highest BCUT2D eigenvalue weighted by molar-refractivity contribution is 8.00. The summed E-state index contributed by atoms with van der Waals surface area (Å²) in [5.41, 5.74) is 2.19. The van der Waals surface area contributed by atoms with E-state index in [1.807, 2.05) is 13.8 Å². The molecule has 0 aliphatic rings. The molecule has 0 aliphatic carbocycles. The van der Waals surface area contributed by atoms with Crippen LogP contribution in [0.25, 0.3) is 10.2 Å². The Kier molecular flexibility index (Phi) is 6.27. The van der Waals surface area contributed by atoms with Gasteiger partial charge in [-0.3, -0.25) is 4.79 Å². The number of fused-ring (bicyclic) bond motifs is 1. The van der Waals surface area contributed by atoms with Crippen LogP contribution in [0.5, 0.6) is 0 Å². The number of nitrogens with one attached hydrogen (secondary N) is 1. The van der Waals surface area contributed by atoms with E-state index < -0.39 is 10.0 Å². The fraction of sp³-hybridized carbons (Fsp3) is 0.316. The Balaban J connectivity index is 1.76. The van der Waals surface area contributed by atoms with Gasteiger partial charge in [0.1, 0.15) is 16.2 Å². The van der Waals surface area contributed by atoms with Crippen molar-refractivity contribution >= 4 is 54.9 Å². The van der Waals surface area contributed by atoms with E-state index in [0.29, 0.717) is 11.3 Å². The summed E-state index contributed by atoms with van der Waals surface area (Å²) >= 11 is 2.95. The van der Waals surface area contributed by atoms with Crippen LogP contribution in [-0.2, 0) is 14.8 Å². The molecular formula is C19H22N4O3S3. The number of aromatic nitrogens is 2. The number of thiophene rings is 1. The van der Waals surface area contributed by atoms with E-state index in [1.54, 1.807) is 30.4 Å². The standard InChI is InChI=1S/C19H22N4O3S3/c1-11-6-7-14(8-15(11)29(25,26)23(4)5)22-16(24)9-27-18-17-12(2)13(3)28-19(17)21-10-20-18/h6-8,10H,9H2,1-5H3,(H,22,24). The van der Waals surface area contributed by atoms with Crippen LogP contribution in [0, 0.1) is 20.8 Å². The SMILES string of the molecule is Cc1ccc(NC(=O)CSc2ncnc3sc(C)c(C)c23)cc1S(=O)(=O)N(C)C. The van der Waals surface area contributed by atoms with E-state index in [-0.39, 0.29) is 16.6 Å². The Hall–Kier alpha value is -2.01. The highest BCUT2D eigenvalue weighted by Gasteiger charge is 2.20. The van der Waals surface area contributed by atoms with Gasteiger partial charge < -0.3 is 5.32 Å². The average molecular weight is 451 g/mol. The molecule has 7 nitrogen and oxygen atoms in total. The van der Waals surface area contributed by atoms with Gasteiger partial charge in [-0.05, 0) is 44.0 Å². The van der Waals surface area contributed by atoms with Crippen molar-refractivity contribution in [1.29, 1.82) is 0 Å². The maximum atomic E-state index is 12.5. The van der Waals surface area contributed by atoms with Crippen LogP contribution in [0.1, 0.15) is 16.0 Å². The number of benzene rings is 1. The third-order valence-electron chi connectivity index (χ3n) is 4.50. The Morgan fingerprint density at radius 1 is 1.21 bits per heavy atom. The van der Waals surface area contributed by atoms with E-state index in [9.17, 15) is 13.2 Å². The van der Waals surface area contributed by atoms with Crippen molar-refractivity contribution in [3.8, 4) is 0 Å². The van der Waals surface area contributed by atoms with E-state index in [2.05, 4.69) is 15.3 Å². The second kappa shape index (κ2) is 8.39. The number of hydrogen-bond acceptors (Lipinski definition) is 7. The zero-order chi connectivity index (χ0) is 21.3. The highest BCUT2D eigenvalue weighted by Crippen LogP contribution is 2.34. The van der Waals surface area contributed by atoms with Crippen molar-refractivity contribution in [3.05, 3.63) is 40.5 Å². The van der Waals surface area contributed by atoms with Crippen LogP contribution < -0.4 is 5.32 Å². The zero-order valence-corrected chi connectivity index (χ0v) is 19.3. The molecule has 0 atom stereocenters. The van der Waals surface area contributed by atoms with Gasteiger partial charge in [0.2, 0.25) is 15.9 Å².